The Morgan fingerprint density at radius 1 is 0.857 bits per heavy atom. The molecule has 1 fully saturated rings. The van der Waals surface area contributed by atoms with Gasteiger partial charge >= 0.3 is 5.97 Å². The van der Waals surface area contributed by atoms with Crippen LogP contribution in [0.5, 0.6) is 5.75 Å². The number of hydrogen-bond acceptors (Lipinski definition) is 8. The molecule has 0 aliphatic heterocycles. The van der Waals surface area contributed by atoms with E-state index in [-0.39, 0.29) is 34.8 Å². The largest absolute Gasteiger partial charge is 0.507 e. The zero-order chi connectivity index (χ0) is 35.1. The molecule has 11 heteroatoms. The third kappa shape index (κ3) is 8.73. The van der Waals surface area contributed by atoms with Gasteiger partial charge in [0.05, 0.1) is 30.7 Å². The lowest BCUT2D eigenvalue weighted by molar-refractivity contribution is -0.119. The van der Waals surface area contributed by atoms with Crippen molar-refractivity contribution in [1.82, 2.24) is 4.31 Å². The fourth-order valence-corrected chi connectivity index (χ4v) is 7.57. The van der Waals surface area contributed by atoms with Crippen LogP contribution in [0.4, 0.5) is 5.69 Å². The van der Waals surface area contributed by atoms with Gasteiger partial charge in [0.15, 0.2) is 6.29 Å². The summed E-state index contributed by atoms with van der Waals surface area (Å²) in [4.78, 5) is 27.9. The summed E-state index contributed by atoms with van der Waals surface area (Å²) in [6.45, 7) is 1.09. The number of benzene rings is 4. The minimum Gasteiger partial charge on any atom is -0.507 e. The molecule has 4 aromatic rings. The number of hydrogen-bond donors (Lipinski definition) is 3. The Morgan fingerprint density at radius 3 is 2.18 bits per heavy atom. The molecule has 0 bridgehead atoms. The van der Waals surface area contributed by atoms with E-state index in [1.165, 1.54) is 73.2 Å². The molecule has 0 heterocycles. The minimum absolute atomic E-state index is 0.00111. The van der Waals surface area contributed by atoms with Crippen LogP contribution in [-0.2, 0) is 32.6 Å². The van der Waals surface area contributed by atoms with E-state index in [0.29, 0.717) is 11.5 Å². The van der Waals surface area contributed by atoms with E-state index in [9.17, 15) is 33.3 Å². The normalized spacial score (nSPS) is 13.8. The van der Waals surface area contributed by atoms with E-state index < -0.39 is 40.5 Å². The Balaban J connectivity index is 1.50. The summed E-state index contributed by atoms with van der Waals surface area (Å²) in [6.07, 6.45) is 4.00. The number of aliphatic hydroxyl groups is 2. The van der Waals surface area contributed by atoms with E-state index in [1.807, 2.05) is 19.1 Å². The summed E-state index contributed by atoms with van der Waals surface area (Å²) in [5, 5.41) is 29.9. The molecule has 1 saturated carbocycles. The van der Waals surface area contributed by atoms with Crippen molar-refractivity contribution in [2.24, 2.45) is 0 Å². The molecule has 0 radical (unpaired) electrons. The number of ether oxygens (including phenoxy) is 1. The van der Waals surface area contributed by atoms with E-state index in [4.69, 9.17) is 4.74 Å². The first kappa shape index (κ1) is 35.7. The monoisotopic (exact) mass is 686 g/mol. The zero-order valence-electron chi connectivity index (χ0n) is 27.7. The molecule has 10 nitrogen and oxygen atoms in total. The standard InChI is InChI=1S/C38H42N2O8S/c1-26-11-18-33(19-12-26)49(46,47)39(23-28-7-6-10-31(21-28)38(45)48-2)25-36(42)40(32-17-20-34(37(43)44)35(41)22-32)24-27-13-15-30(16-14-27)29-8-4-3-5-9-29/h6-7,10-22,29,37,41,43-44H,3-5,8-9,23-25H2,1-2H3. The Labute approximate surface area is 287 Å². The SMILES string of the molecule is COC(=O)c1cccc(CN(CC(=O)N(Cc2ccc(C3CCCCC3)cc2)c2ccc(C(O)O)c(O)c2)S(=O)(=O)c2ccc(C)cc2)c1. The van der Waals surface area contributed by atoms with Crippen molar-refractivity contribution in [3.05, 3.63) is 124 Å². The van der Waals surface area contributed by atoms with Crippen molar-refractivity contribution in [1.29, 1.82) is 0 Å². The highest BCUT2D eigenvalue weighted by molar-refractivity contribution is 7.89. The topological polar surface area (TPSA) is 145 Å². The van der Waals surface area contributed by atoms with Crippen LogP contribution in [0.1, 0.15) is 82.5 Å². The van der Waals surface area contributed by atoms with Crippen molar-refractivity contribution in [3.63, 3.8) is 0 Å². The molecular weight excluding hydrogens is 644 g/mol. The van der Waals surface area contributed by atoms with Crippen LogP contribution in [0.15, 0.2) is 95.9 Å². The van der Waals surface area contributed by atoms with Crippen LogP contribution in [0, 0.1) is 6.92 Å². The molecule has 0 unspecified atom stereocenters. The van der Waals surface area contributed by atoms with Gasteiger partial charge in [0.2, 0.25) is 15.9 Å². The number of anilines is 1. The average Bonchev–Trinajstić information content (AvgIpc) is 3.10. The molecule has 4 aromatic carbocycles. The van der Waals surface area contributed by atoms with Gasteiger partial charge in [-0.2, -0.15) is 4.31 Å². The summed E-state index contributed by atoms with van der Waals surface area (Å²) >= 11 is 0. The number of phenolic OH excluding ortho intramolecular Hbond substituents is 1. The molecule has 49 heavy (non-hydrogen) atoms. The number of rotatable bonds is 12. The summed E-state index contributed by atoms with van der Waals surface area (Å²) in [5.74, 6) is -1.11. The molecule has 0 saturated heterocycles. The summed E-state index contributed by atoms with van der Waals surface area (Å²) in [7, 11) is -2.97. The van der Waals surface area contributed by atoms with Crippen LogP contribution in [0.3, 0.4) is 0 Å². The number of phenols is 1. The van der Waals surface area contributed by atoms with Crippen LogP contribution < -0.4 is 4.90 Å². The molecular formula is C38H42N2O8S. The highest BCUT2D eigenvalue weighted by Gasteiger charge is 2.30. The first-order chi connectivity index (χ1) is 23.5. The van der Waals surface area contributed by atoms with Crippen molar-refractivity contribution in [2.75, 3.05) is 18.6 Å². The molecule has 1 aliphatic carbocycles. The first-order valence-corrected chi connectivity index (χ1v) is 17.7. The van der Waals surface area contributed by atoms with Crippen molar-refractivity contribution < 1.29 is 38.1 Å². The fraction of sp³-hybridized carbons (Fsp3) is 0.316. The highest BCUT2D eigenvalue weighted by atomic mass is 32.2. The number of amides is 1. The van der Waals surface area contributed by atoms with Crippen LogP contribution in [-0.4, -0.2) is 53.6 Å². The van der Waals surface area contributed by atoms with Crippen molar-refractivity contribution in [3.8, 4) is 5.75 Å². The van der Waals surface area contributed by atoms with Crippen LogP contribution >= 0.6 is 0 Å². The van der Waals surface area contributed by atoms with Gasteiger partial charge in [-0.3, -0.25) is 4.79 Å². The maximum absolute atomic E-state index is 14.3. The second kappa shape index (κ2) is 15.8. The summed E-state index contributed by atoms with van der Waals surface area (Å²) in [6, 6.07) is 24.7. The van der Waals surface area contributed by atoms with E-state index in [1.54, 1.807) is 30.3 Å². The molecule has 5 rings (SSSR count). The number of carbonyl (C=O) groups excluding carboxylic acids is 2. The highest BCUT2D eigenvalue weighted by Crippen LogP contribution is 2.34. The Bertz CT molecular complexity index is 1870. The molecule has 258 valence electrons. The lowest BCUT2D eigenvalue weighted by Crippen LogP contribution is -2.42. The molecule has 1 amide bonds. The number of nitrogens with zero attached hydrogens (tertiary/aromatic N) is 2. The third-order valence-electron chi connectivity index (χ3n) is 8.98. The smallest absolute Gasteiger partial charge is 0.337 e. The second-order valence-corrected chi connectivity index (χ2v) is 14.4. The van der Waals surface area contributed by atoms with E-state index >= 15 is 0 Å². The third-order valence-corrected chi connectivity index (χ3v) is 10.8. The fourth-order valence-electron chi connectivity index (χ4n) is 6.19. The van der Waals surface area contributed by atoms with Gasteiger partial charge in [-0.05, 0) is 78.8 Å². The zero-order valence-corrected chi connectivity index (χ0v) is 28.5. The maximum atomic E-state index is 14.3. The number of sulfonamides is 1. The van der Waals surface area contributed by atoms with Gasteiger partial charge in [0.25, 0.3) is 0 Å². The predicted octanol–water partition coefficient (Wildman–Crippen LogP) is 5.94. The molecule has 0 spiro atoms. The van der Waals surface area contributed by atoms with Gasteiger partial charge in [-0.25, -0.2) is 13.2 Å². The van der Waals surface area contributed by atoms with Gasteiger partial charge in [0, 0.05) is 23.9 Å². The van der Waals surface area contributed by atoms with Crippen molar-refractivity contribution in [2.45, 2.75) is 69.2 Å². The molecule has 3 N–H and O–H groups in total. The quantitative estimate of drug-likeness (QED) is 0.123. The van der Waals surface area contributed by atoms with Gasteiger partial charge in [-0.1, -0.05) is 73.4 Å². The maximum Gasteiger partial charge on any atom is 0.337 e. The van der Waals surface area contributed by atoms with Gasteiger partial charge < -0.3 is 25.0 Å². The Morgan fingerprint density at radius 2 is 1.55 bits per heavy atom. The predicted molar refractivity (Wildman–Crippen MR) is 185 cm³/mol. The van der Waals surface area contributed by atoms with Gasteiger partial charge in [-0.15, -0.1) is 0 Å². The lowest BCUT2D eigenvalue weighted by atomic mass is 9.84. The summed E-state index contributed by atoms with van der Waals surface area (Å²) in [5.41, 5.74) is 3.70. The average molecular weight is 687 g/mol. The van der Waals surface area contributed by atoms with Crippen molar-refractivity contribution >= 4 is 27.6 Å². The van der Waals surface area contributed by atoms with Gasteiger partial charge in [0.1, 0.15) is 5.75 Å². The number of aliphatic hydroxyl groups excluding tert-OH is 1. The lowest BCUT2D eigenvalue weighted by Gasteiger charge is -2.28. The van der Waals surface area contributed by atoms with Crippen LogP contribution in [0.25, 0.3) is 0 Å². The summed E-state index contributed by atoms with van der Waals surface area (Å²) < 4.78 is 34.1. The van der Waals surface area contributed by atoms with E-state index in [0.717, 1.165) is 28.3 Å². The Kier molecular flexibility index (Phi) is 11.5. The minimum atomic E-state index is -4.23. The molecule has 0 aromatic heterocycles. The molecule has 1 aliphatic rings. The number of methoxy groups -OCH3 is 1. The number of aryl methyl sites for hydroxylation is 1. The van der Waals surface area contributed by atoms with Crippen LogP contribution in [0.2, 0.25) is 0 Å². The number of esters is 1. The van der Waals surface area contributed by atoms with E-state index in [2.05, 4.69) is 12.1 Å². The Hall–Kier alpha value is -4.55. The molecule has 0 atom stereocenters. The first-order valence-electron chi connectivity index (χ1n) is 16.3. The second-order valence-electron chi connectivity index (χ2n) is 12.5. The number of carbonyl (C=O) groups is 2. The number of aromatic hydroxyl groups is 1.